The maximum Gasteiger partial charge on any atom is 0.267 e. The van der Waals surface area contributed by atoms with E-state index < -0.39 is 5.60 Å². The van der Waals surface area contributed by atoms with Crippen LogP contribution in [-0.2, 0) is 11.8 Å². The van der Waals surface area contributed by atoms with E-state index in [9.17, 15) is 4.79 Å². The predicted molar refractivity (Wildman–Crippen MR) is 99.0 cm³/mol. The van der Waals surface area contributed by atoms with Gasteiger partial charge in [0.05, 0.1) is 0 Å². The lowest BCUT2D eigenvalue weighted by atomic mass is 10.1. The number of halogens is 1. The zero-order chi connectivity index (χ0) is 18.7. The van der Waals surface area contributed by atoms with E-state index in [1.54, 1.807) is 55.9 Å². The highest BCUT2D eigenvalue weighted by atomic mass is 35.5. The standard InChI is InChI=1S/C18H18ClN5O2/c1-18(2,26-15-9-7-13(19)8-10-15)17(25)20-14-6-4-5-12(11-14)16-21-22-23-24(16)3/h4-11H,1-3H3,(H,20,25). The van der Waals surface area contributed by atoms with Gasteiger partial charge in [0.15, 0.2) is 11.4 Å². The third kappa shape index (κ3) is 4.00. The second-order valence-electron chi connectivity index (χ2n) is 6.23. The average Bonchev–Trinajstić information content (AvgIpc) is 3.03. The molecule has 26 heavy (non-hydrogen) atoms. The van der Waals surface area contributed by atoms with Crippen LogP contribution in [0.4, 0.5) is 5.69 Å². The Kier molecular flexibility index (Phi) is 4.90. The molecule has 3 rings (SSSR count). The van der Waals surface area contributed by atoms with Crippen LogP contribution < -0.4 is 10.1 Å². The first-order chi connectivity index (χ1) is 12.3. The largest absolute Gasteiger partial charge is 0.478 e. The molecule has 7 nitrogen and oxygen atoms in total. The second-order valence-corrected chi connectivity index (χ2v) is 6.66. The van der Waals surface area contributed by atoms with Crippen LogP contribution in [0.2, 0.25) is 5.02 Å². The molecule has 0 radical (unpaired) electrons. The molecule has 0 spiro atoms. The number of hydrogen-bond donors (Lipinski definition) is 1. The van der Waals surface area contributed by atoms with Crippen molar-refractivity contribution >= 4 is 23.2 Å². The summed E-state index contributed by atoms with van der Waals surface area (Å²) in [7, 11) is 1.75. The van der Waals surface area contributed by atoms with Gasteiger partial charge in [-0.05, 0) is 60.7 Å². The fourth-order valence-corrected chi connectivity index (χ4v) is 2.46. The number of benzene rings is 2. The van der Waals surface area contributed by atoms with Gasteiger partial charge < -0.3 is 10.1 Å². The number of aryl methyl sites for hydroxylation is 1. The molecule has 0 fully saturated rings. The van der Waals surface area contributed by atoms with Crippen molar-refractivity contribution in [3.63, 3.8) is 0 Å². The molecule has 8 heteroatoms. The van der Waals surface area contributed by atoms with Gasteiger partial charge in [-0.25, -0.2) is 4.68 Å². The summed E-state index contributed by atoms with van der Waals surface area (Å²) in [5.41, 5.74) is 0.353. The minimum atomic E-state index is -1.07. The lowest BCUT2D eigenvalue weighted by Gasteiger charge is -2.25. The fraction of sp³-hybridized carbons (Fsp3) is 0.222. The smallest absolute Gasteiger partial charge is 0.267 e. The second kappa shape index (κ2) is 7.13. The summed E-state index contributed by atoms with van der Waals surface area (Å²) in [6.07, 6.45) is 0. The lowest BCUT2D eigenvalue weighted by Crippen LogP contribution is -2.42. The van der Waals surface area contributed by atoms with Crippen LogP contribution in [0.5, 0.6) is 5.75 Å². The topological polar surface area (TPSA) is 81.9 Å². The van der Waals surface area contributed by atoms with Crippen molar-refractivity contribution in [1.29, 1.82) is 0 Å². The van der Waals surface area contributed by atoms with E-state index in [-0.39, 0.29) is 5.91 Å². The zero-order valence-corrected chi connectivity index (χ0v) is 15.4. The Balaban J connectivity index is 1.74. The van der Waals surface area contributed by atoms with Gasteiger partial charge in [0.25, 0.3) is 5.91 Å². The van der Waals surface area contributed by atoms with Crippen LogP contribution in [-0.4, -0.2) is 31.7 Å². The highest BCUT2D eigenvalue weighted by Gasteiger charge is 2.30. The van der Waals surface area contributed by atoms with E-state index >= 15 is 0 Å². The van der Waals surface area contributed by atoms with Crippen molar-refractivity contribution in [1.82, 2.24) is 20.2 Å². The van der Waals surface area contributed by atoms with Gasteiger partial charge in [0, 0.05) is 23.3 Å². The van der Waals surface area contributed by atoms with Gasteiger partial charge in [-0.15, -0.1) is 5.10 Å². The van der Waals surface area contributed by atoms with Crippen molar-refractivity contribution in [2.45, 2.75) is 19.4 Å². The molecule has 0 saturated heterocycles. The van der Waals surface area contributed by atoms with Crippen LogP contribution in [0.1, 0.15) is 13.8 Å². The monoisotopic (exact) mass is 371 g/mol. The number of carbonyl (C=O) groups excluding carboxylic acids is 1. The fourth-order valence-electron chi connectivity index (χ4n) is 2.34. The molecule has 134 valence electrons. The predicted octanol–water partition coefficient (Wildman–Crippen LogP) is 3.33. The highest BCUT2D eigenvalue weighted by molar-refractivity contribution is 6.30. The average molecular weight is 372 g/mol. The molecule has 3 aromatic rings. The SMILES string of the molecule is Cn1nnnc1-c1cccc(NC(=O)C(C)(C)Oc2ccc(Cl)cc2)c1. The van der Waals surface area contributed by atoms with Crippen molar-refractivity contribution in [2.24, 2.45) is 7.05 Å². The van der Waals surface area contributed by atoms with Crippen LogP contribution in [0, 0.1) is 0 Å². The van der Waals surface area contributed by atoms with Crippen LogP contribution in [0.3, 0.4) is 0 Å². The van der Waals surface area contributed by atoms with Crippen LogP contribution >= 0.6 is 11.6 Å². The third-order valence-electron chi connectivity index (χ3n) is 3.73. The minimum absolute atomic E-state index is 0.277. The van der Waals surface area contributed by atoms with E-state index in [2.05, 4.69) is 20.8 Å². The molecule has 1 heterocycles. The van der Waals surface area contributed by atoms with E-state index in [4.69, 9.17) is 16.3 Å². The first-order valence-corrected chi connectivity index (χ1v) is 8.32. The molecule has 0 aliphatic carbocycles. The molecule has 0 saturated carbocycles. The summed E-state index contributed by atoms with van der Waals surface area (Å²) in [6.45, 7) is 3.40. The number of tetrazole rings is 1. The molecule has 1 amide bonds. The number of aromatic nitrogens is 4. The molecule has 1 aromatic heterocycles. The number of amides is 1. The van der Waals surface area contributed by atoms with Gasteiger partial charge in [0.2, 0.25) is 0 Å². The summed E-state index contributed by atoms with van der Waals surface area (Å²) >= 11 is 5.87. The third-order valence-corrected chi connectivity index (χ3v) is 3.98. The van der Waals surface area contributed by atoms with Crippen molar-refractivity contribution < 1.29 is 9.53 Å². The molecule has 0 aliphatic heterocycles. The lowest BCUT2D eigenvalue weighted by molar-refractivity contribution is -0.128. The van der Waals surface area contributed by atoms with Crippen molar-refractivity contribution in [2.75, 3.05) is 5.32 Å². The molecule has 0 unspecified atom stereocenters. The highest BCUT2D eigenvalue weighted by Crippen LogP contribution is 2.24. The number of nitrogens with one attached hydrogen (secondary N) is 1. The van der Waals surface area contributed by atoms with Crippen LogP contribution in [0.15, 0.2) is 48.5 Å². The Morgan fingerprint density at radius 3 is 2.58 bits per heavy atom. The summed E-state index contributed by atoms with van der Waals surface area (Å²) in [5.74, 6) is 0.895. The maximum atomic E-state index is 12.7. The Labute approximate surface area is 155 Å². The van der Waals surface area contributed by atoms with Gasteiger partial charge >= 0.3 is 0 Å². The first-order valence-electron chi connectivity index (χ1n) is 7.94. The molecular weight excluding hydrogens is 354 g/mol. The molecule has 0 aliphatic rings. The quantitative estimate of drug-likeness (QED) is 0.743. The Hall–Kier alpha value is -2.93. The Morgan fingerprint density at radius 2 is 1.92 bits per heavy atom. The Bertz CT molecular complexity index is 921. The van der Waals surface area contributed by atoms with Gasteiger partial charge in [0.1, 0.15) is 5.75 Å². The summed E-state index contributed by atoms with van der Waals surface area (Å²) in [5, 5.41) is 14.9. The maximum absolute atomic E-state index is 12.7. The summed E-state index contributed by atoms with van der Waals surface area (Å²) < 4.78 is 7.37. The minimum Gasteiger partial charge on any atom is -0.478 e. The zero-order valence-electron chi connectivity index (χ0n) is 14.6. The number of anilines is 1. The molecule has 2 aromatic carbocycles. The van der Waals surface area contributed by atoms with Crippen molar-refractivity contribution in [3.8, 4) is 17.1 Å². The van der Waals surface area contributed by atoms with Gasteiger partial charge in [-0.2, -0.15) is 0 Å². The first kappa shape index (κ1) is 17.9. The summed E-state index contributed by atoms with van der Waals surface area (Å²) in [6, 6.07) is 14.2. The van der Waals surface area contributed by atoms with Crippen molar-refractivity contribution in [3.05, 3.63) is 53.6 Å². The van der Waals surface area contributed by atoms with E-state index in [0.717, 1.165) is 5.56 Å². The summed E-state index contributed by atoms with van der Waals surface area (Å²) in [4.78, 5) is 12.7. The van der Waals surface area contributed by atoms with E-state index in [0.29, 0.717) is 22.3 Å². The van der Waals surface area contributed by atoms with Gasteiger partial charge in [-0.1, -0.05) is 23.7 Å². The van der Waals surface area contributed by atoms with E-state index in [1.165, 1.54) is 0 Å². The molecular formula is C18H18ClN5O2. The molecule has 0 bridgehead atoms. The number of carbonyl (C=O) groups is 1. The number of rotatable bonds is 5. The normalized spacial score (nSPS) is 11.2. The van der Waals surface area contributed by atoms with Gasteiger partial charge in [-0.3, -0.25) is 4.79 Å². The number of ether oxygens (including phenoxy) is 1. The van der Waals surface area contributed by atoms with E-state index in [1.807, 2.05) is 18.2 Å². The molecule has 1 N–H and O–H groups in total. The number of hydrogen-bond acceptors (Lipinski definition) is 5. The molecule has 0 atom stereocenters. The Morgan fingerprint density at radius 1 is 1.19 bits per heavy atom. The number of nitrogens with zero attached hydrogens (tertiary/aromatic N) is 4. The van der Waals surface area contributed by atoms with Crippen LogP contribution in [0.25, 0.3) is 11.4 Å².